The number of aromatic carboxylic acids is 1. The zero-order chi connectivity index (χ0) is 13.0. The predicted molar refractivity (Wildman–Crippen MR) is 65.6 cm³/mol. The number of carbonyl (C=O) groups is 2. The third-order valence-electron chi connectivity index (χ3n) is 2.23. The Hall–Kier alpha value is -2.69. The SMILES string of the molecule is O=C(O)c1cccc(C(=O)Nc2ccccc2)n1. The summed E-state index contributed by atoms with van der Waals surface area (Å²) in [6.45, 7) is 0. The van der Waals surface area contributed by atoms with Gasteiger partial charge in [0.15, 0.2) is 0 Å². The van der Waals surface area contributed by atoms with Crippen molar-refractivity contribution in [1.29, 1.82) is 0 Å². The Kier molecular flexibility index (Phi) is 3.33. The summed E-state index contributed by atoms with van der Waals surface area (Å²) in [4.78, 5) is 26.3. The summed E-state index contributed by atoms with van der Waals surface area (Å²) >= 11 is 0. The van der Waals surface area contributed by atoms with Crippen LogP contribution in [0.4, 0.5) is 5.69 Å². The molecule has 18 heavy (non-hydrogen) atoms. The van der Waals surface area contributed by atoms with Gasteiger partial charge in [-0.05, 0) is 24.3 Å². The minimum absolute atomic E-state index is 0.0683. The Morgan fingerprint density at radius 1 is 0.944 bits per heavy atom. The standard InChI is InChI=1S/C13H10N2O3/c16-12(14-9-5-2-1-3-6-9)10-7-4-8-11(15-10)13(17)18/h1-8H,(H,14,16)(H,17,18). The second-order valence-corrected chi connectivity index (χ2v) is 3.53. The van der Waals surface area contributed by atoms with Crippen molar-refractivity contribution >= 4 is 17.6 Å². The van der Waals surface area contributed by atoms with Crippen LogP contribution in [0.15, 0.2) is 48.5 Å². The number of carboxylic acid groups (broad SMARTS) is 1. The van der Waals surface area contributed by atoms with Crippen molar-refractivity contribution < 1.29 is 14.7 Å². The van der Waals surface area contributed by atoms with E-state index in [1.807, 2.05) is 6.07 Å². The van der Waals surface area contributed by atoms with Crippen molar-refractivity contribution in [1.82, 2.24) is 4.98 Å². The Balaban J connectivity index is 2.19. The molecule has 0 unspecified atom stereocenters. The number of carbonyl (C=O) groups excluding carboxylic acids is 1. The largest absolute Gasteiger partial charge is 0.477 e. The van der Waals surface area contributed by atoms with Gasteiger partial charge in [0.25, 0.3) is 5.91 Å². The molecule has 1 aromatic heterocycles. The predicted octanol–water partition coefficient (Wildman–Crippen LogP) is 2.03. The smallest absolute Gasteiger partial charge is 0.354 e. The second-order valence-electron chi connectivity index (χ2n) is 3.53. The third-order valence-corrected chi connectivity index (χ3v) is 2.23. The van der Waals surface area contributed by atoms with E-state index in [-0.39, 0.29) is 11.4 Å². The summed E-state index contributed by atoms with van der Waals surface area (Å²) in [6.07, 6.45) is 0. The summed E-state index contributed by atoms with van der Waals surface area (Å²) in [6, 6.07) is 13.2. The highest BCUT2D eigenvalue weighted by Crippen LogP contribution is 2.08. The number of hydrogen-bond donors (Lipinski definition) is 2. The number of nitrogens with zero attached hydrogens (tertiary/aromatic N) is 1. The van der Waals surface area contributed by atoms with Gasteiger partial charge in [-0.15, -0.1) is 0 Å². The maximum Gasteiger partial charge on any atom is 0.354 e. The Morgan fingerprint density at radius 3 is 2.28 bits per heavy atom. The number of aromatic nitrogens is 1. The summed E-state index contributed by atoms with van der Waals surface area (Å²) in [5.41, 5.74) is 0.541. The van der Waals surface area contributed by atoms with E-state index in [2.05, 4.69) is 10.3 Å². The van der Waals surface area contributed by atoms with E-state index in [0.717, 1.165) is 0 Å². The molecule has 0 aliphatic carbocycles. The highest BCUT2D eigenvalue weighted by Gasteiger charge is 2.11. The van der Waals surface area contributed by atoms with Gasteiger partial charge in [-0.2, -0.15) is 0 Å². The molecule has 1 aromatic carbocycles. The first-order valence-corrected chi connectivity index (χ1v) is 5.23. The molecule has 0 radical (unpaired) electrons. The molecule has 1 amide bonds. The van der Waals surface area contributed by atoms with Crippen molar-refractivity contribution in [2.45, 2.75) is 0 Å². The van der Waals surface area contributed by atoms with Gasteiger partial charge in [0.1, 0.15) is 11.4 Å². The first-order chi connectivity index (χ1) is 8.66. The summed E-state index contributed by atoms with van der Waals surface area (Å²) in [5.74, 6) is -1.60. The number of anilines is 1. The fourth-order valence-electron chi connectivity index (χ4n) is 1.40. The maximum atomic E-state index is 11.8. The van der Waals surface area contributed by atoms with Gasteiger partial charge in [0.05, 0.1) is 0 Å². The zero-order valence-electron chi connectivity index (χ0n) is 9.33. The van der Waals surface area contributed by atoms with Gasteiger partial charge < -0.3 is 10.4 Å². The molecule has 90 valence electrons. The summed E-state index contributed by atoms with van der Waals surface area (Å²) in [5, 5.41) is 11.4. The Bertz CT molecular complexity index is 582. The van der Waals surface area contributed by atoms with Gasteiger partial charge >= 0.3 is 5.97 Å². The molecule has 2 aromatic rings. The van der Waals surface area contributed by atoms with Crippen LogP contribution in [0.25, 0.3) is 0 Å². The Labute approximate surface area is 103 Å². The lowest BCUT2D eigenvalue weighted by atomic mass is 10.2. The van der Waals surface area contributed by atoms with Crippen molar-refractivity contribution in [2.24, 2.45) is 0 Å². The summed E-state index contributed by atoms with van der Waals surface area (Å²) < 4.78 is 0. The number of benzene rings is 1. The minimum Gasteiger partial charge on any atom is -0.477 e. The molecule has 0 aliphatic heterocycles. The first-order valence-electron chi connectivity index (χ1n) is 5.23. The van der Waals surface area contributed by atoms with E-state index in [9.17, 15) is 9.59 Å². The number of rotatable bonds is 3. The minimum atomic E-state index is -1.16. The van der Waals surface area contributed by atoms with E-state index < -0.39 is 11.9 Å². The van der Waals surface area contributed by atoms with Crippen molar-refractivity contribution in [3.05, 3.63) is 59.9 Å². The lowest BCUT2D eigenvalue weighted by molar-refractivity contribution is 0.0690. The number of carboxylic acids is 1. The van der Waals surface area contributed by atoms with Crippen LogP contribution in [0, 0.1) is 0 Å². The average Bonchev–Trinajstić information content (AvgIpc) is 2.40. The quantitative estimate of drug-likeness (QED) is 0.863. The molecule has 1 heterocycles. The van der Waals surface area contributed by atoms with Crippen LogP contribution in [0.1, 0.15) is 21.0 Å². The van der Waals surface area contributed by atoms with Crippen LogP contribution < -0.4 is 5.32 Å². The van der Waals surface area contributed by atoms with Crippen molar-refractivity contribution in [2.75, 3.05) is 5.32 Å². The molecule has 0 aliphatic rings. The summed E-state index contributed by atoms with van der Waals surface area (Å²) in [7, 11) is 0. The normalized spacial score (nSPS) is 9.78. The van der Waals surface area contributed by atoms with E-state index in [4.69, 9.17) is 5.11 Å². The molecule has 0 fully saturated rings. The van der Waals surface area contributed by atoms with Gasteiger partial charge in [0, 0.05) is 5.69 Å². The van der Waals surface area contributed by atoms with Gasteiger partial charge in [-0.1, -0.05) is 24.3 Å². The molecule has 0 saturated carbocycles. The van der Waals surface area contributed by atoms with Gasteiger partial charge in [0.2, 0.25) is 0 Å². The monoisotopic (exact) mass is 242 g/mol. The van der Waals surface area contributed by atoms with Crippen LogP contribution >= 0.6 is 0 Å². The second kappa shape index (κ2) is 5.09. The zero-order valence-corrected chi connectivity index (χ0v) is 9.33. The molecule has 5 heteroatoms. The molecule has 0 saturated heterocycles. The van der Waals surface area contributed by atoms with Gasteiger partial charge in [-0.3, -0.25) is 4.79 Å². The topological polar surface area (TPSA) is 79.3 Å². The highest BCUT2D eigenvalue weighted by atomic mass is 16.4. The van der Waals surface area contributed by atoms with Crippen LogP contribution in [0.2, 0.25) is 0 Å². The molecule has 0 bridgehead atoms. The van der Waals surface area contributed by atoms with Crippen LogP contribution in [0.3, 0.4) is 0 Å². The number of amides is 1. The highest BCUT2D eigenvalue weighted by molar-refractivity contribution is 6.03. The van der Waals surface area contributed by atoms with Crippen LogP contribution in [0.5, 0.6) is 0 Å². The van der Waals surface area contributed by atoms with Crippen LogP contribution in [-0.2, 0) is 0 Å². The van der Waals surface area contributed by atoms with E-state index in [0.29, 0.717) is 5.69 Å². The van der Waals surface area contributed by atoms with E-state index >= 15 is 0 Å². The molecule has 2 N–H and O–H groups in total. The average molecular weight is 242 g/mol. The third kappa shape index (κ3) is 2.70. The number of nitrogens with one attached hydrogen (secondary N) is 1. The first kappa shape index (κ1) is 11.8. The molecule has 0 atom stereocenters. The van der Waals surface area contributed by atoms with Gasteiger partial charge in [-0.25, -0.2) is 9.78 Å². The number of para-hydroxylation sites is 1. The van der Waals surface area contributed by atoms with E-state index in [1.165, 1.54) is 18.2 Å². The fourth-order valence-corrected chi connectivity index (χ4v) is 1.40. The maximum absolute atomic E-state index is 11.8. The fraction of sp³-hybridized carbons (Fsp3) is 0. The molecule has 5 nitrogen and oxygen atoms in total. The van der Waals surface area contributed by atoms with E-state index in [1.54, 1.807) is 24.3 Å². The van der Waals surface area contributed by atoms with Crippen molar-refractivity contribution in [3.8, 4) is 0 Å². The molecular formula is C13H10N2O3. The van der Waals surface area contributed by atoms with Crippen molar-refractivity contribution in [3.63, 3.8) is 0 Å². The Morgan fingerprint density at radius 2 is 1.61 bits per heavy atom. The lowest BCUT2D eigenvalue weighted by Crippen LogP contribution is -2.15. The lowest BCUT2D eigenvalue weighted by Gasteiger charge is -2.04. The molecule has 0 spiro atoms. The molecule has 2 rings (SSSR count). The van der Waals surface area contributed by atoms with Crippen LogP contribution in [-0.4, -0.2) is 22.0 Å². The number of pyridine rings is 1. The number of hydrogen-bond acceptors (Lipinski definition) is 3. The molecular weight excluding hydrogens is 232 g/mol.